The Hall–Kier alpha value is 0.456. The fraction of sp³-hybridized carbons (Fsp3) is 1.00. The molecule has 0 aromatic heterocycles. The molecule has 0 saturated heterocycles. The Morgan fingerprint density at radius 3 is 2.36 bits per heavy atom. The van der Waals surface area contributed by atoms with Crippen LogP contribution >= 0.6 is 6.33 Å². The van der Waals surface area contributed by atoms with Gasteiger partial charge in [0.05, 0.1) is 0 Å². The van der Waals surface area contributed by atoms with Gasteiger partial charge in [-0.1, -0.05) is 0 Å². The van der Waals surface area contributed by atoms with Crippen molar-refractivity contribution in [3.05, 3.63) is 0 Å². The average molecular weight is 269 g/mol. The van der Waals surface area contributed by atoms with Gasteiger partial charge in [-0.25, -0.2) is 0 Å². The van der Waals surface area contributed by atoms with E-state index in [0.29, 0.717) is 0 Å². The van der Waals surface area contributed by atoms with E-state index in [9.17, 15) is 8.43 Å². The monoisotopic (exact) mass is 269 g/mol. The summed E-state index contributed by atoms with van der Waals surface area (Å²) >= 11 is -2.11. The molecule has 0 radical (unpaired) electrons. The fourth-order valence-corrected chi connectivity index (χ4v) is 2.26. The molecule has 1 unspecified atom stereocenters. The molecule has 0 aromatic rings. The topological polar surface area (TPSA) is 63.6 Å². The second-order valence-electron chi connectivity index (χ2n) is 3.02. The van der Waals surface area contributed by atoms with Crippen LogP contribution in [0.1, 0.15) is 39.0 Å². The third-order valence-corrected chi connectivity index (χ3v) is 5.67. The molecule has 1 N–H and O–H groups in total. The molecule has 0 aliphatic rings. The summed E-state index contributed by atoms with van der Waals surface area (Å²) in [4.78, 5) is 9.04. The van der Waals surface area contributed by atoms with Gasteiger partial charge in [0.1, 0.15) is 0 Å². The average Bonchev–Trinajstić information content (AvgIpc) is 2.10. The summed E-state index contributed by atoms with van der Waals surface area (Å²) in [6.07, 6.45) is 1.40. The molecule has 0 spiro atoms. The van der Waals surface area contributed by atoms with Gasteiger partial charge in [-0.05, 0) is 0 Å². The van der Waals surface area contributed by atoms with Crippen LogP contribution < -0.4 is 0 Å². The van der Waals surface area contributed by atoms with E-state index in [1.807, 2.05) is 0 Å². The van der Waals surface area contributed by atoms with Gasteiger partial charge in [0.2, 0.25) is 0 Å². The SMILES string of the molecule is CCCCCCCO[P](=O)(O)[Co]([CH3])=[O]. The Morgan fingerprint density at radius 1 is 1.29 bits per heavy atom. The standard InChI is InChI=1S/C7H15O3P.CH3.Co.O/c1-2-3-4-5-6-7-10-11(8)9;;;/h2-7H2,1H3;1H3;;/q;;-1;/p+1. The summed E-state index contributed by atoms with van der Waals surface area (Å²) in [7, 11) is 0. The van der Waals surface area contributed by atoms with Gasteiger partial charge in [0, 0.05) is 0 Å². The van der Waals surface area contributed by atoms with Crippen LogP contribution in [0.5, 0.6) is 0 Å². The van der Waals surface area contributed by atoms with E-state index in [1.54, 1.807) is 0 Å². The summed E-state index contributed by atoms with van der Waals surface area (Å²) < 4.78 is 26.5. The molecule has 4 nitrogen and oxygen atoms in total. The van der Waals surface area contributed by atoms with Crippen LogP contribution in [-0.4, -0.2) is 11.5 Å². The number of unbranched alkanes of at least 4 members (excludes halogenated alkanes) is 4. The zero-order chi connectivity index (χ0) is 11.0. The second kappa shape index (κ2) is 7.71. The van der Waals surface area contributed by atoms with Crippen molar-refractivity contribution in [2.45, 2.75) is 44.9 Å². The van der Waals surface area contributed by atoms with Crippen molar-refractivity contribution >= 4 is 6.33 Å². The normalized spacial score (nSPS) is 16.4. The summed E-state index contributed by atoms with van der Waals surface area (Å²) in [6.45, 7) is 2.35. The minimum absolute atomic E-state index is 0.228. The van der Waals surface area contributed by atoms with Crippen LogP contribution in [0.2, 0.25) is 5.86 Å². The van der Waals surface area contributed by atoms with Crippen molar-refractivity contribution in [2.24, 2.45) is 0 Å². The molecular formula is C8H19CoO4P. The number of hydrogen-bond acceptors (Lipinski definition) is 3. The molecule has 0 bridgehead atoms. The molecule has 0 fully saturated rings. The Labute approximate surface area is 89.1 Å². The van der Waals surface area contributed by atoms with Crippen molar-refractivity contribution in [1.82, 2.24) is 0 Å². The molecule has 89 valence electrons. The number of hydrogen-bond donors (Lipinski definition) is 1. The molecule has 0 saturated carbocycles. The molecular weight excluding hydrogens is 250 g/mol. The van der Waals surface area contributed by atoms with E-state index in [1.165, 1.54) is 18.7 Å². The molecule has 0 aromatic carbocycles. The van der Waals surface area contributed by atoms with Gasteiger partial charge in [-0.3, -0.25) is 0 Å². The first-order valence-electron chi connectivity index (χ1n) is 4.68. The van der Waals surface area contributed by atoms with E-state index in [0.717, 1.165) is 19.3 Å². The van der Waals surface area contributed by atoms with E-state index < -0.39 is 19.5 Å². The summed E-state index contributed by atoms with van der Waals surface area (Å²) in [6, 6.07) is 0. The Bertz CT molecular complexity index is 219. The molecule has 1 atom stereocenters. The maximum atomic E-state index is 11.1. The predicted octanol–water partition coefficient (Wildman–Crippen LogP) is 3.09. The molecule has 0 rings (SSSR count). The predicted molar refractivity (Wildman–Crippen MR) is 51.1 cm³/mol. The first kappa shape index (κ1) is 14.5. The van der Waals surface area contributed by atoms with Gasteiger partial charge >= 0.3 is 88.8 Å². The van der Waals surface area contributed by atoms with Crippen LogP contribution in [0.4, 0.5) is 0 Å². The first-order chi connectivity index (χ1) is 6.50. The zero-order valence-electron chi connectivity index (χ0n) is 8.70. The number of rotatable bonds is 8. The van der Waals surface area contributed by atoms with Crippen LogP contribution in [-0.2, 0) is 26.1 Å². The van der Waals surface area contributed by atoms with Crippen molar-refractivity contribution in [3.8, 4) is 0 Å². The molecule has 0 heterocycles. The van der Waals surface area contributed by atoms with Crippen molar-refractivity contribution in [1.29, 1.82) is 0 Å². The van der Waals surface area contributed by atoms with Crippen LogP contribution in [0.15, 0.2) is 0 Å². The van der Waals surface area contributed by atoms with Crippen LogP contribution in [0, 0.1) is 0 Å². The summed E-state index contributed by atoms with van der Waals surface area (Å²) in [5.74, 6) is 1.21. The Balaban J connectivity index is 3.45. The fourth-order valence-electron chi connectivity index (χ4n) is 0.939. The van der Waals surface area contributed by atoms with Gasteiger partial charge in [-0.15, -0.1) is 0 Å². The van der Waals surface area contributed by atoms with Crippen LogP contribution in [0.3, 0.4) is 0 Å². The minimum atomic E-state index is -3.81. The molecule has 14 heavy (non-hydrogen) atoms. The Kier molecular flexibility index (Phi) is 7.96. The van der Waals surface area contributed by atoms with Gasteiger partial charge in [0.15, 0.2) is 0 Å². The molecule has 0 aliphatic carbocycles. The van der Waals surface area contributed by atoms with E-state index in [4.69, 9.17) is 9.42 Å². The van der Waals surface area contributed by atoms with Crippen molar-refractivity contribution < 1.29 is 31.0 Å². The van der Waals surface area contributed by atoms with Crippen molar-refractivity contribution in [2.75, 3.05) is 6.61 Å². The Morgan fingerprint density at radius 2 is 1.86 bits per heavy atom. The van der Waals surface area contributed by atoms with Gasteiger partial charge in [0.25, 0.3) is 0 Å². The van der Waals surface area contributed by atoms with E-state index in [2.05, 4.69) is 6.92 Å². The molecule has 0 amide bonds. The zero-order valence-corrected chi connectivity index (χ0v) is 10.6. The van der Waals surface area contributed by atoms with Crippen LogP contribution in [0.25, 0.3) is 0 Å². The van der Waals surface area contributed by atoms with Gasteiger partial charge < -0.3 is 0 Å². The third kappa shape index (κ3) is 6.84. The van der Waals surface area contributed by atoms with Crippen molar-refractivity contribution in [3.63, 3.8) is 0 Å². The molecule has 6 heteroatoms. The first-order valence-corrected chi connectivity index (χ1v) is 8.97. The maximum absolute atomic E-state index is 11.1. The van der Waals surface area contributed by atoms with Gasteiger partial charge in [-0.2, -0.15) is 0 Å². The second-order valence-corrected chi connectivity index (χ2v) is 8.71. The third-order valence-electron chi connectivity index (χ3n) is 1.76. The summed E-state index contributed by atoms with van der Waals surface area (Å²) in [5, 5.41) is 0. The van der Waals surface area contributed by atoms with E-state index >= 15 is 0 Å². The van der Waals surface area contributed by atoms with E-state index in [-0.39, 0.29) is 6.61 Å². The quantitative estimate of drug-likeness (QED) is 0.543. The molecule has 0 aliphatic heterocycles. The summed E-state index contributed by atoms with van der Waals surface area (Å²) in [5.41, 5.74) is 0.